The second kappa shape index (κ2) is 8.89. The summed E-state index contributed by atoms with van der Waals surface area (Å²) in [6.45, 7) is 3.83. The molecule has 0 spiro atoms. The summed E-state index contributed by atoms with van der Waals surface area (Å²) in [6.07, 6.45) is 4.85. The van der Waals surface area contributed by atoms with Crippen molar-refractivity contribution in [2.75, 3.05) is 13.1 Å². The van der Waals surface area contributed by atoms with Crippen LogP contribution in [0.1, 0.15) is 49.9 Å². The van der Waals surface area contributed by atoms with Crippen LogP contribution in [0.15, 0.2) is 28.8 Å². The normalized spacial score (nSPS) is 18.0. The molecule has 1 saturated heterocycles. The zero-order valence-corrected chi connectivity index (χ0v) is 15.1. The molecule has 7 heteroatoms. The molecule has 1 atom stereocenters. The van der Waals surface area contributed by atoms with Gasteiger partial charge in [-0.3, -0.25) is 9.69 Å². The number of rotatable bonds is 7. The molecule has 1 unspecified atom stereocenters. The topological polar surface area (TPSA) is 71.3 Å². The summed E-state index contributed by atoms with van der Waals surface area (Å²) in [5, 5.41) is 6.89. The van der Waals surface area contributed by atoms with Gasteiger partial charge >= 0.3 is 0 Å². The molecule has 2 aromatic rings. The summed E-state index contributed by atoms with van der Waals surface area (Å²) in [5.74, 6) is 0.896. The number of piperidine rings is 1. The second-order valence-corrected chi connectivity index (χ2v) is 6.80. The second-order valence-electron chi connectivity index (χ2n) is 6.80. The first-order valence-electron chi connectivity index (χ1n) is 9.14. The summed E-state index contributed by atoms with van der Waals surface area (Å²) < 4.78 is 18.7. The Morgan fingerprint density at radius 1 is 1.42 bits per heavy atom. The van der Waals surface area contributed by atoms with Gasteiger partial charge in [-0.25, -0.2) is 4.39 Å². The fraction of sp³-hybridized carbons (Fsp3) is 0.526. The first-order valence-corrected chi connectivity index (χ1v) is 9.14. The van der Waals surface area contributed by atoms with Crippen LogP contribution < -0.4 is 5.32 Å². The maximum atomic E-state index is 13.3. The molecule has 140 valence electrons. The van der Waals surface area contributed by atoms with Crippen molar-refractivity contribution < 1.29 is 13.7 Å². The molecule has 1 amide bonds. The van der Waals surface area contributed by atoms with Gasteiger partial charge in [0.05, 0.1) is 6.54 Å². The zero-order chi connectivity index (χ0) is 18.4. The molecule has 6 nitrogen and oxygen atoms in total. The summed E-state index contributed by atoms with van der Waals surface area (Å²) in [5.41, 5.74) is 0.823. The van der Waals surface area contributed by atoms with Crippen LogP contribution in [0.5, 0.6) is 0 Å². The highest BCUT2D eigenvalue weighted by Crippen LogP contribution is 2.21. The zero-order valence-electron chi connectivity index (χ0n) is 15.1. The monoisotopic (exact) mass is 360 g/mol. The summed E-state index contributed by atoms with van der Waals surface area (Å²) >= 11 is 0. The van der Waals surface area contributed by atoms with Gasteiger partial charge in [0.1, 0.15) is 5.82 Å². The van der Waals surface area contributed by atoms with E-state index in [9.17, 15) is 9.18 Å². The average molecular weight is 360 g/mol. The maximum Gasteiger partial charge on any atom is 0.240 e. The van der Waals surface area contributed by atoms with Gasteiger partial charge in [-0.05, 0) is 43.5 Å². The average Bonchev–Trinajstić information content (AvgIpc) is 3.03. The van der Waals surface area contributed by atoms with E-state index in [1.165, 1.54) is 25.5 Å². The Bertz CT molecular complexity index is 734. The highest BCUT2D eigenvalue weighted by Gasteiger charge is 2.24. The van der Waals surface area contributed by atoms with Crippen molar-refractivity contribution >= 4 is 5.91 Å². The van der Waals surface area contributed by atoms with Gasteiger partial charge in [-0.2, -0.15) is 4.98 Å². The smallest absolute Gasteiger partial charge is 0.240 e. The van der Waals surface area contributed by atoms with Crippen LogP contribution in [0, 0.1) is 5.82 Å². The van der Waals surface area contributed by atoms with E-state index >= 15 is 0 Å². The molecule has 1 aliphatic heterocycles. The molecular weight excluding hydrogens is 335 g/mol. The van der Waals surface area contributed by atoms with Gasteiger partial charge in [0.15, 0.2) is 5.82 Å². The maximum absolute atomic E-state index is 13.3. The lowest BCUT2D eigenvalue weighted by Gasteiger charge is -2.34. The molecule has 3 rings (SSSR count). The lowest BCUT2D eigenvalue weighted by molar-refractivity contribution is -0.119. The van der Waals surface area contributed by atoms with E-state index in [1.807, 2.05) is 6.07 Å². The number of likely N-dealkylation sites (tertiary alicyclic amines) is 1. The first kappa shape index (κ1) is 18.5. The number of halogens is 1. The number of aromatic nitrogens is 2. The molecule has 0 bridgehead atoms. The minimum Gasteiger partial charge on any atom is -0.356 e. The van der Waals surface area contributed by atoms with Crippen LogP contribution in [0.3, 0.4) is 0 Å². The Hall–Kier alpha value is -2.28. The third-order valence-electron chi connectivity index (χ3n) is 4.70. The quantitative estimate of drug-likeness (QED) is 0.822. The predicted molar refractivity (Wildman–Crippen MR) is 94.9 cm³/mol. The van der Waals surface area contributed by atoms with Gasteiger partial charge in [0.25, 0.3) is 0 Å². The Morgan fingerprint density at radius 3 is 3.12 bits per heavy atom. The van der Waals surface area contributed by atoms with Crippen LogP contribution in [0.2, 0.25) is 0 Å². The molecule has 1 aliphatic rings. The fourth-order valence-corrected chi connectivity index (χ4v) is 3.44. The molecule has 26 heavy (non-hydrogen) atoms. The third-order valence-corrected chi connectivity index (χ3v) is 4.70. The van der Waals surface area contributed by atoms with Crippen molar-refractivity contribution in [2.45, 2.75) is 51.6 Å². The van der Waals surface area contributed by atoms with Gasteiger partial charge in [0.2, 0.25) is 11.8 Å². The minimum absolute atomic E-state index is 0.00579. The molecule has 1 aromatic carbocycles. The number of carbonyl (C=O) groups excluding carboxylic acids is 1. The van der Waals surface area contributed by atoms with E-state index in [4.69, 9.17) is 4.52 Å². The van der Waals surface area contributed by atoms with Crippen molar-refractivity contribution in [3.8, 4) is 0 Å². The van der Waals surface area contributed by atoms with E-state index in [0.717, 1.165) is 31.4 Å². The molecular formula is C19H25FN4O2. The Morgan fingerprint density at radius 2 is 2.31 bits per heavy atom. The van der Waals surface area contributed by atoms with Gasteiger partial charge in [-0.15, -0.1) is 0 Å². The van der Waals surface area contributed by atoms with Gasteiger partial charge < -0.3 is 9.84 Å². The Balaban J connectivity index is 1.57. The number of hydrogen-bond acceptors (Lipinski definition) is 5. The lowest BCUT2D eigenvalue weighted by atomic mass is 9.99. The highest BCUT2D eigenvalue weighted by atomic mass is 19.1. The molecule has 2 heterocycles. The van der Waals surface area contributed by atoms with Crippen molar-refractivity contribution in [3.63, 3.8) is 0 Å². The van der Waals surface area contributed by atoms with E-state index in [0.29, 0.717) is 37.3 Å². The van der Waals surface area contributed by atoms with Crippen molar-refractivity contribution in [1.82, 2.24) is 20.4 Å². The van der Waals surface area contributed by atoms with Gasteiger partial charge in [0, 0.05) is 25.9 Å². The van der Waals surface area contributed by atoms with Crippen molar-refractivity contribution in [2.24, 2.45) is 0 Å². The van der Waals surface area contributed by atoms with E-state index in [2.05, 4.69) is 20.4 Å². The standard InChI is InChI=1S/C19H25FN4O2/c1-14(25)21-9-8-17-7-2-3-10-24(17)13-19-22-18(23-26-19)12-15-5-4-6-16(20)11-15/h4-6,11,17H,2-3,7-10,12-13H2,1H3,(H,21,25). The largest absolute Gasteiger partial charge is 0.356 e. The minimum atomic E-state index is -0.262. The third kappa shape index (κ3) is 5.36. The van der Waals surface area contributed by atoms with E-state index in [1.54, 1.807) is 6.07 Å². The van der Waals surface area contributed by atoms with Crippen molar-refractivity contribution in [3.05, 3.63) is 47.4 Å². The van der Waals surface area contributed by atoms with Crippen LogP contribution in [0.4, 0.5) is 4.39 Å². The Labute approximate surface area is 152 Å². The number of carbonyl (C=O) groups is 1. The highest BCUT2D eigenvalue weighted by molar-refractivity contribution is 5.72. The lowest BCUT2D eigenvalue weighted by Crippen LogP contribution is -2.41. The molecule has 0 radical (unpaired) electrons. The van der Waals surface area contributed by atoms with Crippen LogP contribution in [-0.2, 0) is 17.8 Å². The number of benzene rings is 1. The van der Waals surface area contributed by atoms with Crippen LogP contribution >= 0.6 is 0 Å². The van der Waals surface area contributed by atoms with E-state index in [-0.39, 0.29) is 11.7 Å². The fourth-order valence-electron chi connectivity index (χ4n) is 3.44. The number of nitrogens with one attached hydrogen (secondary N) is 1. The summed E-state index contributed by atoms with van der Waals surface area (Å²) in [4.78, 5) is 17.9. The Kier molecular flexibility index (Phi) is 6.33. The number of nitrogens with zero attached hydrogens (tertiary/aromatic N) is 3. The number of amides is 1. The van der Waals surface area contributed by atoms with Crippen molar-refractivity contribution in [1.29, 1.82) is 0 Å². The predicted octanol–water partition coefficient (Wildman–Crippen LogP) is 2.68. The molecule has 1 fully saturated rings. The molecule has 0 saturated carbocycles. The van der Waals surface area contributed by atoms with Gasteiger partial charge in [-0.1, -0.05) is 23.7 Å². The molecule has 1 aromatic heterocycles. The van der Waals surface area contributed by atoms with Crippen LogP contribution in [0.25, 0.3) is 0 Å². The molecule has 0 aliphatic carbocycles. The van der Waals surface area contributed by atoms with Crippen LogP contribution in [-0.4, -0.2) is 40.1 Å². The summed E-state index contributed by atoms with van der Waals surface area (Å²) in [7, 11) is 0. The SMILES string of the molecule is CC(=O)NCCC1CCCCN1Cc1nc(Cc2cccc(F)c2)no1. The first-order chi connectivity index (χ1) is 12.6. The molecule has 1 N–H and O–H groups in total. The van der Waals surface area contributed by atoms with E-state index < -0.39 is 0 Å². The summed E-state index contributed by atoms with van der Waals surface area (Å²) in [6, 6.07) is 6.84. The number of hydrogen-bond donors (Lipinski definition) is 1.